The molecular weight excluding hydrogens is 645 g/mol. The van der Waals surface area contributed by atoms with Gasteiger partial charge in [-0.2, -0.15) is 9.97 Å². The topological polar surface area (TPSA) is 56.7 Å². The molecule has 7 aromatic carbocycles. The van der Waals surface area contributed by atoms with Crippen LogP contribution in [0.15, 0.2) is 162 Å². The molecule has 0 radical (unpaired) electrons. The molecule has 0 aliphatic rings. The summed E-state index contributed by atoms with van der Waals surface area (Å²) in [6.07, 6.45) is 0. The van der Waals surface area contributed by atoms with Crippen LogP contribution in [-0.2, 0) is 0 Å². The molecule has 0 unspecified atom stereocenters. The number of fused-ring (bicyclic) bond motifs is 9. The number of para-hydroxylation sites is 2. The molecule has 238 valence electrons. The molecule has 6 heteroatoms. The molecule has 0 fully saturated rings. The summed E-state index contributed by atoms with van der Waals surface area (Å²) in [7, 11) is 0. The number of benzene rings is 7. The van der Waals surface area contributed by atoms with Gasteiger partial charge in [0.15, 0.2) is 11.6 Å². The molecule has 0 saturated heterocycles. The first-order valence-corrected chi connectivity index (χ1v) is 17.8. The minimum atomic E-state index is 0.569. The lowest BCUT2D eigenvalue weighted by Gasteiger charge is -2.11. The fourth-order valence-corrected chi connectivity index (χ4v) is 8.77. The van der Waals surface area contributed by atoms with Gasteiger partial charge in [0.25, 0.3) is 0 Å². The summed E-state index contributed by atoms with van der Waals surface area (Å²) >= 11 is 1.83. The highest BCUT2D eigenvalue weighted by molar-refractivity contribution is 7.25. The van der Waals surface area contributed by atoms with Crippen molar-refractivity contribution in [3.8, 4) is 39.9 Å². The second kappa shape index (κ2) is 10.9. The standard InChI is InChI=1S/C45H26N4OS/c1-2-12-27(13-3-1)43-46-44(48-45(47-43)49-35-19-7-4-14-30(35)31-15-5-8-20-36(31)49)34-18-10-21-37-41(34)32-25-24-28(26-38(32)50-37)29-17-11-23-40-42(29)33-16-6-9-22-39(33)51-40/h1-26H. The Morgan fingerprint density at radius 3 is 1.92 bits per heavy atom. The van der Waals surface area contributed by atoms with Crippen LogP contribution in [0.1, 0.15) is 0 Å². The molecule has 0 amide bonds. The second-order valence-electron chi connectivity index (χ2n) is 12.8. The SMILES string of the molecule is c1ccc(-c2nc(-c3cccc4oc5cc(-c6cccc7sc8ccccc8c67)ccc5c34)nc(-n3c4ccccc4c4ccccc43)n2)cc1. The normalized spacial score (nSPS) is 11.9. The summed E-state index contributed by atoms with van der Waals surface area (Å²) in [5.74, 6) is 1.77. The van der Waals surface area contributed by atoms with E-state index in [4.69, 9.17) is 19.4 Å². The maximum absolute atomic E-state index is 6.62. The number of hydrogen-bond acceptors (Lipinski definition) is 5. The molecule has 0 saturated carbocycles. The number of hydrogen-bond donors (Lipinski definition) is 0. The molecular formula is C45H26N4OS. The molecule has 0 N–H and O–H groups in total. The van der Waals surface area contributed by atoms with Gasteiger partial charge in [0, 0.05) is 52.8 Å². The van der Waals surface area contributed by atoms with Crippen molar-refractivity contribution in [3.05, 3.63) is 158 Å². The van der Waals surface area contributed by atoms with Crippen LogP contribution in [0.5, 0.6) is 0 Å². The highest BCUT2D eigenvalue weighted by atomic mass is 32.1. The third kappa shape index (κ3) is 4.30. The van der Waals surface area contributed by atoms with Crippen LogP contribution in [0.4, 0.5) is 0 Å². The highest BCUT2D eigenvalue weighted by Crippen LogP contribution is 2.43. The van der Waals surface area contributed by atoms with Gasteiger partial charge in [-0.05, 0) is 53.6 Å². The molecule has 5 nitrogen and oxygen atoms in total. The van der Waals surface area contributed by atoms with E-state index in [9.17, 15) is 0 Å². The van der Waals surface area contributed by atoms with Crippen LogP contribution in [-0.4, -0.2) is 19.5 Å². The zero-order valence-corrected chi connectivity index (χ0v) is 27.9. The summed E-state index contributed by atoms with van der Waals surface area (Å²) in [6, 6.07) is 54.9. The van der Waals surface area contributed by atoms with Crippen molar-refractivity contribution in [1.29, 1.82) is 0 Å². The van der Waals surface area contributed by atoms with Crippen molar-refractivity contribution < 1.29 is 4.42 Å². The first-order valence-electron chi connectivity index (χ1n) is 16.9. The molecule has 4 aromatic heterocycles. The van der Waals surface area contributed by atoms with Gasteiger partial charge >= 0.3 is 0 Å². The number of rotatable bonds is 4. The lowest BCUT2D eigenvalue weighted by molar-refractivity contribution is 0.669. The van der Waals surface area contributed by atoms with Crippen LogP contribution < -0.4 is 0 Å². The predicted molar refractivity (Wildman–Crippen MR) is 211 cm³/mol. The van der Waals surface area contributed by atoms with Gasteiger partial charge in [0.1, 0.15) is 11.2 Å². The average molecular weight is 671 g/mol. The molecule has 0 aliphatic heterocycles. The Kier molecular flexibility index (Phi) is 6.05. The lowest BCUT2D eigenvalue weighted by atomic mass is 9.98. The van der Waals surface area contributed by atoms with Crippen molar-refractivity contribution in [2.75, 3.05) is 0 Å². The minimum absolute atomic E-state index is 0.569. The molecule has 0 bridgehead atoms. The predicted octanol–water partition coefficient (Wildman–Crippen LogP) is 12.2. The van der Waals surface area contributed by atoms with Crippen molar-refractivity contribution in [1.82, 2.24) is 19.5 Å². The van der Waals surface area contributed by atoms with Gasteiger partial charge < -0.3 is 4.42 Å². The number of nitrogens with zero attached hydrogens (tertiary/aromatic N) is 4. The van der Waals surface area contributed by atoms with Crippen molar-refractivity contribution in [3.63, 3.8) is 0 Å². The Hall–Kier alpha value is -6.63. The average Bonchev–Trinajstić information content (AvgIpc) is 3.87. The second-order valence-corrected chi connectivity index (χ2v) is 13.9. The van der Waals surface area contributed by atoms with Crippen molar-refractivity contribution in [2.24, 2.45) is 0 Å². The van der Waals surface area contributed by atoms with E-state index in [1.807, 2.05) is 53.8 Å². The monoisotopic (exact) mass is 670 g/mol. The van der Waals surface area contributed by atoms with Crippen LogP contribution in [0.3, 0.4) is 0 Å². The van der Waals surface area contributed by atoms with E-state index in [-0.39, 0.29) is 0 Å². The van der Waals surface area contributed by atoms with Gasteiger partial charge in [-0.25, -0.2) is 4.98 Å². The number of furan rings is 1. The summed E-state index contributed by atoms with van der Waals surface area (Å²) in [6.45, 7) is 0. The van der Waals surface area contributed by atoms with E-state index in [0.29, 0.717) is 17.6 Å². The minimum Gasteiger partial charge on any atom is -0.456 e. The number of thiophene rings is 1. The first kappa shape index (κ1) is 28.2. The third-order valence-electron chi connectivity index (χ3n) is 9.89. The first-order chi connectivity index (χ1) is 25.3. The van der Waals surface area contributed by atoms with E-state index in [1.54, 1.807) is 0 Å². The van der Waals surface area contributed by atoms with Gasteiger partial charge in [-0.3, -0.25) is 4.57 Å². The summed E-state index contributed by atoms with van der Waals surface area (Å²) in [5.41, 5.74) is 7.85. The highest BCUT2D eigenvalue weighted by Gasteiger charge is 2.21. The fourth-order valence-electron chi connectivity index (χ4n) is 7.63. The number of aromatic nitrogens is 4. The molecule has 11 rings (SSSR count). The van der Waals surface area contributed by atoms with E-state index in [2.05, 4.69) is 120 Å². The van der Waals surface area contributed by atoms with E-state index >= 15 is 0 Å². The summed E-state index contributed by atoms with van der Waals surface area (Å²) < 4.78 is 11.3. The maximum atomic E-state index is 6.62. The Morgan fingerprint density at radius 2 is 1.10 bits per heavy atom. The van der Waals surface area contributed by atoms with Crippen LogP contribution >= 0.6 is 11.3 Å². The quantitative estimate of drug-likeness (QED) is 0.187. The Morgan fingerprint density at radius 1 is 0.431 bits per heavy atom. The maximum Gasteiger partial charge on any atom is 0.238 e. The van der Waals surface area contributed by atoms with Gasteiger partial charge in [-0.1, -0.05) is 115 Å². The largest absolute Gasteiger partial charge is 0.456 e. The van der Waals surface area contributed by atoms with E-state index in [1.165, 1.54) is 25.7 Å². The smallest absolute Gasteiger partial charge is 0.238 e. The lowest BCUT2D eigenvalue weighted by Crippen LogP contribution is -2.06. The van der Waals surface area contributed by atoms with Crippen LogP contribution in [0, 0.1) is 0 Å². The van der Waals surface area contributed by atoms with Gasteiger partial charge in [0.2, 0.25) is 5.95 Å². The Balaban J connectivity index is 1.14. The molecule has 0 atom stereocenters. The summed E-state index contributed by atoms with van der Waals surface area (Å²) in [4.78, 5) is 15.5. The summed E-state index contributed by atoms with van der Waals surface area (Å²) in [5, 5.41) is 6.87. The van der Waals surface area contributed by atoms with Crippen molar-refractivity contribution in [2.45, 2.75) is 0 Å². The zero-order valence-electron chi connectivity index (χ0n) is 27.1. The Bertz CT molecular complexity index is 3100. The molecule has 11 aromatic rings. The molecule has 0 aliphatic carbocycles. The van der Waals surface area contributed by atoms with Gasteiger partial charge in [-0.15, -0.1) is 11.3 Å². The fraction of sp³-hybridized carbons (Fsp3) is 0. The Labute approximate surface area is 295 Å². The van der Waals surface area contributed by atoms with E-state index in [0.717, 1.165) is 60.4 Å². The zero-order chi connectivity index (χ0) is 33.5. The molecule has 4 heterocycles. The van der Waals surface area contributed by atoms with Crippen LogP contribution in [0.2, 0.25) is 0 Å². The van der Waals surface area contributed by atoms with Crippen LogP contribution in [0.25, 0.3) is 104 Å². The van der Waals surface area contributed by atoms with Crippen molar-refractivity contribution >= 4 is 75.3 Å². The third-order valence-corrected chi connectivity index (χ3v) is 11.0. The van der Waals surface area contributed by atoms with E-state index < -0.39 is 0 Å². The van der Waals surface area contributed by atoms with Gasteiger partial charge in [0.05, 0.1) is 11.0 Å². The molecule has 51 heavy (non-hydrogen) atoms. The molecule has 0 spiro atoms.